The third kappa shape index (κ3) is 0.754. The molecule has 9 heavy (non-hydrogen) atoms. The number of rotatable bonds is 0. The highest BCUT2D eigenvalue weighted by Crippen LogP contribution is 2.28. The van der Waals surface area contributed by atoms with Crippen molar-refractivity contribution in [3.05, 3.63) is 22.4 Å². The topological polar surface area (TPSA) is 9.23 Å². The van der Waals surface area contributed by atoms with E-state index in [1.807, 2.05) is 17.5 Å². The molecule has 2 rings (SSSR count). The summed E-state index contributed by atoms with van der Waals surface area (Å²) >= 11 is 1.71. The molecule has 1 aliphatic rings. The van der Waals surface area contributed by atoms with Gasteiger partial charge in [-0.3, -0.25) is 0 Å². The monoisotopic (exact) mass is 138 g/mol. The highest BCUT2D eigenvalue weighted by molar-refractivity contribution is 7.11. The van der Waals surface area contributed by atoms with Gasteiger partial charge in [0.05, 0.1) is 4.88 Å². The van der Waals surface area contributed by atoms with Crippen molar-refractivity contribution in [2.45, 2.75) is 0 Å². The fraction of sp³-hybridized carbons (Fsp3) is 0.143. The van der Waals surface area contributed by atoms with Crippen LogP contribution in [0.4, 0.5) is 0 Å². The Morgan fingerprint density at radius 3 is 3.44 bits per heavy atom. The second-order valence-electron chi connectivity index (χ2n) is 1.86. The summed E-state index contributed by atoms with van der Waals surface area (Å²) in [6, 6.07) is 2.00. The quantitative estimate of drug-likeness (QED) is 0.533. The molecule has 1 aromatic rings. The van der Waals surface area contributed by atoms with Crippen LogP contribution in [0, 0.1) is 0 Å². The molecule has 0 N–H and O–H groups in total. The Balaban J connectivity index is 2.53. The normalized spacial score (nSPS) is 14.7. The fourth-order valence-corrected chi connectivity index (χ4v) is 1.60. The van der Waals surface area contributed by atoms with Gasteiger partial charge in [-0.2, -0.15) is 0 Å². The van der Waals surface area contributed by atoms with Gasteiger partial charge in [0.2, 0.25) is 0 Å². The summed E-state index contributed by atoms with van der Waals surface area (Å²) in [6.07, 6.45) is 4.13. The van der Waals surface area contributed by atoms with Crippen LogP contribution in [0.5, 0.6) is 5.75 Å². The molecule has 0 amide bonds. The lowest BCUT2D eigenvalue weighted by molar-refractivity contribution is 0.360. The second-order valence-corrected chi connectivity index (χ2v) is 2.81. The minimum atomic E-state index is 0.726. The van der Waals surface area contributed by atoms with Crippen molar-refractivity contribution in [1.29, 1.82) is 0 Å². The van der Waals surface area contributed by atoms with Gasteiger partial charge in [0.1, 0.15) is 12.4 Å². The Morgan fingerprint density at radius 1 is 1.56 bits per heavy atom. The molecule has 0 aliphatic carbocycles. The molecule has 0 bridgehead atoms. The van der Waals surface area contributed by atoms with Gasteiger partial charge < -0.3 is 4.74 Å². The van der Waals surface area contributed by atoms with E-state index in [9.17, 15) is 0 Å². The van der Waals surface area contributed by atoms with Crippen LogP contribution in [-0.4, -0.2) is 6.61 Å². The molecule has 0 saturated heterocycles. The van der Waals surface area contributed by atoms with Gasteiger partial charge in [-0.25, -0.2) is 0 Å². The third-order valence-electron chi connectivity index (χ3n) is 1.26. The molecule has 0 atom stereocenters. The molecule has 0 aromatic carbocycles. The van der Waals surface area contributed by atoms with Gasteiger partial charge in [0.25, 0.3) is 0 Å². The van der Waals surface area contributed by atoms with Gasteiger partial charge in [-0.1, -0.05) is 0 Å². The van der Waals surface area contributed by atoms with Crippen molar-refractivity contribution in [3.8, 4) is 5.75 Å². The van der Waals surface area contributed by atoms with E-state index in [1.165, 1.54) is 4.88 Å². The lowest BCUT2D eigenvalue weighted by Gasteiger charge is -2.05. The van der Waals surface area contributed by atoms with Crippen LogP contribution >= 0.6 is 11.3 Å². The van der Waals surface area contributed by atoms with Crippen LogP contribution < -0.4 is 4.74 Å². The van der Waals surface area contributed by atoms with Crippen molar-refractivity contribution in [2.75, 3.05) is 6.61 Å². The highest BCUT2D eigenvalue weighted by atomic mass is 32.1. The van der Waals surface area contributed by atoms with E-state index in [-0.39, 0.29) is 0 Å². The molecule has 1 aromatic heterocycles. The van der Waals surface area contributed by atoms with E-state index in [4.69, 9.17) is 4.74 Å². The standard InChI is InChI=1S/C7H6OS/c1-2-7-6(8-4-1)3-5-9-7/h1-3,5H,4H2. The molecule has 0 fully saturated rings. The smallest absolute Gasteiger partial charge is 0.137 e. The third-order valence-corrected chi connectivity index (χ3v) is 2.12. The van der Waals surface area contributed by atoms with E-state index in [0.29, 0.717) is 0 Å². The van der Waals surface area contributed by atoms with Crippen LogP contribution in [0.15, 0.2) is 17.5 Å². The van der Waals surface area contributed by atoms with Crippen molar-refractivity contribution < 1.29 is 4.74 Å². The second kappa shape index (κ2) is 1.88. The first kappa shape index (κ1) is 5.06. The molecular weight excluding hydrogens is 132 g/mol. The first-order chi connectivity index (χ1) is 4.47. The maximum absolute atomic E-state index is 5.29. The summed E-state index contributed by atoms with van der Waals surface area (Å²) in [4.78, 5) is 1.24. The summed E-state index contributed by atoms with van der Waals surface area (Å²) in [5, 5.41) is 2.04. The van der Waals surface area contributed by atoms with Gasteiger partial charge in [0, 0.05) is 0 Å². The zero-order valence-corrected chi connectivity index (χ0v) is 5.65. The van der Waals surface area contributed by atoms with Gasteiger partial charge in [-0.05, 0) is 23.6 Å². The van der Waals surface area contributed by atoms with E-state index in [0.717, 1.165) is 12.4 Å². The van der Waals surface area contributed by atoms with Gasteiger partial charge in [-0.15, -0.1) is 11.3 Å². The Morgan fingerprint density at radius 2 is 2.56 bits per heavy atom. The number of ether oxygens (including phenoxy) is 1. The lowest BCUT2D eigenvalue weighted by atomic mass is 10.3. The van der Waals surface area contributed by atoms with Crippen LogP contribution in [0.1, 0.15) is 4.88 Å². The minimum absolute atomic E-state index is 0.726. The molecule has 46 valence electrons. The summed E-state index contributed by atoms with van der Waals surface area (Å²) in [7, 11) is 0. The molecule has 0 saturated carbocycles. The van der Waals surface area contributed by atoms with E-state index < -0.39 is 0 Å². The first-order valence-corrected chi connectivity index (χ1v) is 3.71. The molecule has 2 heteroatoms. The van der Waals surface area contributed by atoms with Gasteiger partial charge in [0.15, 0.2) is 0 Å². The number of hydrogen-bond acceptors (Lipinski definition) is 2. The van der Waals surface area contributed by atoms with Crippen molar-refractivity contribution in [1.82, 2.24) is 0 Å². The van der Waals surface area contributed by atoms with Crippen LogP contribution in [0.25, 0.3) is 6.08 Å². The lowest BCUT2D eigenvalue weighted by Crippen LogP contribution is -1.96. The molecule has 1 aliphatic heterocycles. The van der Waals surface area contributed by atoms with Crippen LogP contribution in [-0.2, 0) is 0 Å². The zero-order valence-electron chi connectivity index (χ0n) is 4.83. The minimum Gasteiger partial charge on any atom is -0.488 e. The zero-order chi connectivity index (χ0) is 6.10. The summed E-state index contributed by atoms with van der Waals surface area (Å²) in [5.74, 6) is 1.03. The molecule has 0 spiro atoms. The maximum atomic E-state index is 5.29. The first-order valence-electron chi connectivity index (χ1n) is 2.83. The van der Waals surface area contributed by atoms with Crippen molar-refractivity contribution in [3.63, 3.8) is 0 Å². The predicted molar refractivity (Wildman–Crippen MR) is 38.8 cm³/mol. The van der Waals surface area contributed by atoms with E-state index in [1.54, 1.807) is 11.3 Å². The fourth-order valence-electron chi connectivity index (χ4n) is 0.843. The highest BCUT2D eigenvalue weighted by Gasteiger charge is 2.03. The van der Waals surface area contributed by atoms with Crippen molar-refractivity contribution >= 4 is 17.4 Å². The largest absolute Gasteiger partial charge is 0.488 e. The van der Waals surface area contributed by atoms with E-state index in [2.05, 4.69) is 6.08 Å². The average Bonchev–Trinajstić information content (AvgIpc) is 2.33. The molecule has 0 unspecified atom stereocenters. The Bertz CT molecular complexity index is 237. The maximum Gasteiger partial charge on any atom is 0.137 e. The van der Waals surface area contributed by atoms with Crippen LogP contribution in [0.3, 0.4) is 0 Å². The molecule has 0 radical (unpaired) electrons. The summed E-state index contributed by atoms with van der Waals surface area (Å²) in [6.45, 7) is 0.726. The number of thiophene rings is 1. The van der Waals surface area contributed by atoms with Crippen LogP contribution in [0.2, 0.25) is 0 Å². The van der Waals surface area contributed by atoms with Gasteiger partial charge >= 0.3 is 0 Å². The SMILES string of the molecule is C1=Cc2sccc2OC1. The van der Waals surface area contributed by atoms with Crippen molar-refractivity contribution in [2.24, 2.45) is 0 Å². The molecular formula is C7H6OS. The predicted octanol–water partition coefficient (Wildman–Crippen LogP) is 2.15. The Kier molecular flexibility index (Phi) is 1.06. The number of fused-ring (bicyclic) bond motifs is 1. The summed E-state index contributed by atoms with van der Waals surface area (Å²) < 4.78 is 5.29. The average molecular weight is 138 g/mol. The molecule has 2 heterocycles. The Labute approximate surface area is 57.6 Å². The van der Waals surface area contributed by atoms with E-state index >= 15 is 0 Å². The summed E-state index contributed by atoms with van der Waals surface area (Å²) in [5.41, 5.74) is 0. The Hall–Kier alpha value is -0.760. The number of hydrogen-bond donors (Lipinski definition) is 0. The molecule has 1 nitrogen and oxygen atoms in total.